The third-order valence-electron chi connectivity index (χ3n) is 3.99. The highest BCUT2D eigenvalue weighted by Crippen LogP contribution is 2.31. The van der Waals surface area contributed by atoms with Crippen molar-refractivity contribution >= 4 is 17.8 Å². The van der Waals surface area contributed by atoms with Gasteiger partial charge in [0.25, 0.3) is 5.91 Å². The van der Waals surface area contributed by atoms with Crippen LogP contribution >= 0.6 is 0 Å². The van der Waals surface area contributed by atoms with E-state index in [9.17, 15) is 23.2 Å². The SMILES string of the molecule is C[C@]1(c2ccc(F)cc2F)NC(=O)N(CC(=O)NC2CC2)C1=O. The number of rotatable bonds is 4. The quantitative estimate of drug-likeness (QED) is 0.812. The maximum atomic E-state index is 14.0. The summed E-state index contributed by atoms with van der Waals surface area (Å²) in [5, 5.41) is 5.05. The molecule has 1 heterocycles. The van der Waals surface area contributed by atoms with Crippen LogP contribution in [0.4, 0.5) is 13.6 Å². The Morgan fingerprint density at radius 2 is 2.09 bits per heavy atom. The molecular weight excluding hydrogens is 308 g/mol. The Balaban J connectivity index is 1.82. The molecule has 1 atom stereocenters. The molecular formula is C15H15F2N3O3. The zero-order valence-corrected chi connectivity index (χ0v) is 12.4. The molecule has 122 valence electrons. The highest BCUT2D eigenvalue weighted by molar-refractivity contribution is 6.09. The second kappa shape index (κ2) is 5.29. The van der Waals surface area contributed by atoms with Gasteiger partial charge in [0.05, 0.1) is 0 Å². The average Bonchev–Trinajstić information content (AvgIpc) is 3.23. The molecule has 1 saturated carbocycles. The predicted molar refractivity (Wildman–Crippen MR) is 75.1 cm³/mol. The summed E-state index contributed by atoms with van der Waals surface area (Å²) in [5.74, 6) is -2.92. The zero-order valence-electron chi connectivity index (χ0n) is 12.4. The molecule has 1 saturated heterocycles. The number of carbonyl (C=O) groups is 3. The molecule has 0 aromatic heterocycles. The summed E-state index contributed by atoms with van der Waals surface area (Å²) >= 11 is 0. The largest absolute Gasteiger partial charge is 0.352 e. The molecule has 6 nitrogen and oxygen atoms in total. The fourth-order valence-corrected chi connectivity index (χ4v) is 2.56. The number of benzene rings is 1. The molecule has 0 radical (unpaired) electrons. The third-order valence-corrected chi connectivity index (χ3v) is 3.99. The monoisotopic (exact) mass is 323 g/mol. The molecule has 0 spiro atoms. The second-order valence-electron chi connectivity index (χ2n) is 5.91. The van der Waals surface area contributed by atoms with Crippen molar-refractivity contribution in [1.29, 1.82) is 0 Å². The zero-order chi connectivity index (χ0) is 16.8. The molecule has 1 aromatic carbocycles. The van der Waals surface area contributed by atoms with Crippen molar-refractivity contribution < 1.29 is 23.2 Å². The maximum Gasteiger partial charge on any atom is 0.325 e. The average molecular weight is 323 g/mol. The van der Waals surface area contributed by atoms with E-state index in [1.165, 1.54) is 6.92 Å². The van der Waals surface area contributed by atoms with Crippen LogP contribution in [0.3, 0.4) is 0 Å². The van der Waals surface area contributed by atoms with Gasteiger partial charge in [-0.1, -0.05) is 6.07 Å². The van der Waals surface area contributed by atoms with Gasteiger partial charge in [0.15, 0.2) is 0 Å². The van der Waals surface area contributed by atoms with E-state index in [0.29, 0.717) is 6.07 Å². The summed E-state index contributed by atoms with van der Waals surface area (Å²) in [4.78, 5) is 37.0. The summed E-state index contributed by atoms with van der Waals surface area (Å²) in [6.07, 6.45) is 1.76. The molecule has 23 heavy (non-hydrogen) atoms. The number of hydrogen-bond donors (Lipinski definition) is 2. The standard InChI is InChI=1S/C15H15F2N3O3/c1-15(10-5-2-8(16)6-11(10)17)13(22)20(14(23)19-15)7-12(21)18-9-3-4-9/h2,5-6,9H,3-4,7H2,1H3,(H,18,21)(H,19,23)/t15-/m1/s1. The minimum atomic E-state index is -1.67. The highest BCUT2D eigenvalue weighted by atomic mass is 19.1. The lowest BCUT2D eigenvalue weighted by Crippen LogP contribution is -2.44. The van der Waals surface area contributed by atoms with Gasteiger partial charge in [0, 0.05) is 17.7 Å². The Morgan fingerprint density at radius 1 is 1.39 bits per heavy atom. The molecule has 2 aliphatic rings. The third kappa shape index (κ3) is 2.76. The van der Waals surface area contributed by atoms with Crippen molar-refractivity contribution in [2.75, 3.05) is 6.54 Å². The molecule has 0 bridgehead atoms. The topological polar surface area (TPSA) is 78.5 Å². The van der Waals surface area contributed by atoms with Gasteiger partial charge in [0.1, 0.15) is 23.7 Å². The van der Waals surface area contributed by atoms with Gasteiger partial charge < -0.3 is 10.6 Å². The van der Waals surface area contributed by atoms with E-state index in [2.05, 4.69) is 10.6 Å². The predicted octanol–water partition coefficient (Wildman–Crippen LogP) is 1.01. The van der Waals surface area contributed by atoms with E-state index in [0.717, 1.165) is 29.9 Å². The van der Waals surface area contributed by atoms with E-state index in [4.69, 9.17) is 0 Å². The van der Waals surface area contributed by atoms with Crippen molar-refractivity contribution in [1.82, 2.24) is 15.5 Å². The van der Waals surface area contributed by atoms with Crippen molar-refractivity contribution in [2.45, 2.75) is 31.3 Å². The maximum absolute atomic E-state index is 14.0. The summed E-state index contributed by atoms with van der Waals surface area (Å²) in [7, 11) is 0. The van der Waals surface area contributed by atoms with Crippen LogP contribution in [0.15, 0.2) is 18.2 Å². The number of nitrogens with zero attached hydrogens (tertiary/aromatic N) is 1. The van der Waals surface area contributed by atoms with Gasteiger partial charge in [-0.05, 0) is 25.8 Å². The van der Waals surface area contributed by atoms with Crippen molar-refractivity contribution in [2.24, 2.45) is 0 Å². The van der Waals surface area contributed by atoms with Crippen LogP contribution in [0.25, 0.3) is 0 Å². The Kier molecular flexibility index (Phi) is 3.54. The lowest BCUT2D eigenvalue weighted by Gasteiger charge is -2.22. The number of halogens is 2. The van der Waals surface area contributed by atoms with Gasteiger partial charge >= 0.3 is 6.03 Å². The molecule has 1 aliphatic heterocycles. The van der Waals surface area contributed by atoms with Gasteiger partial charge in [-0.3, -0.25) is 14.5 Å². The number of nitrogens with one attached hydrogen (secondary N) is 2. The van der Waals surface area contributed by atoms with Crippen LogP contribution in [0.1, 0.15) is 25.3 Å². The van der Waals surface area contributed by atoms with Crippen molar-refractivity contribution in [3.63, 3.8) is 0 Å². The fourth-order valence-electron chi connectivity index (χ4n) is 2.56. The second-order valence-corrected chi connectivity index (χ2v) is 5.91. The van der Waals surface area contributed by atoms with Gasteiger partial charge in [-0.2, -0.15) is 0 Å². The number of hydrogen-bond acceptors (Lipinski definition) is 3. The normalized spacial score (nSPS) is 23.9. The molecule has 3 rings (SSSR count). The fraction of sp³-hybridized carbons (Fsp3) is 0.400. The van der Waals surface area contributed by atoms with E-state index in [-0.39, 0.29) is 11.6 Å². The summed E-state index contributed by atoms with van der Waals surface area (Å²) < 4.78 is 27.0. The highest BCUT2D eigenvalue weighted by Gasteiger charge is 2.50. The Labute approximate surface area is 130 Å². The van der Waals surface area contributed by atoms with Crippen LogP contribution in [0.2, 0.25) is 0 Å². The number of urea groups is 1. The van der Waals surface area contributed by atoms with Crippen LogP contribution < -0.4 is 10.6 Å². The van der Waals surface area contributed by atoms with E-state index in [1.807, 2.05) is 0 Å². The molecule has 2 fully saturated rings. The smallest absolute Gasteiger partial charge is 0.325 e. The molecule has 4 amide bonds. The lowest BCUT2D eigenvalue weighted by atomic mass is 9.91. The van der Waals surface area contributed by atoms with E-state index >= 15 is 0 Å². The summed E-state index contributed by atoms with van der Waals surface area (Å²) in [6, 6.07) is 2.07. The molecule has 8 heteroatoms. The van der Waals surface area contributed by atoms with E-state index in [1.54, 1.807) is 0 Å². The lowest BCUT2D eigenvalue weighted by molar-refractivity contribution is -0.134. The Bertz CT molecular complexity index is 705. The number of carbonyl (C=O) groups excluding carboxylic acids is 3. The first-order valence-corrected chi connectivity index (χ1v) is 7.20. The first-order chi connectivity index (χ1) is 10.8. The van der Waals surface area contributed by atoms with Gasteiger partial charge in [-0.25, -0.2) is 13.6 Å². The van der Waals surface area contributed by atoms with E-state index < -0.39 is 41.6 Å². The van der Waals surface area contributed by atoms with Crippen LogP contribution in [-0.2, 0) is 15.1 Å². The van der Waals surface area contributed by atoms with Crippen LogP contribution in [0.5, 0.6) is 0 Å². The van der Waals surface area contributed by atoms with Crippen LogP contribution in [0, 0.1) is 11.6 Å². The number of amides is 4. The minimum absolute atomic E-state index is 0.101. The Hall–Kier alpha value is -2.51. The summed E-state index contributed by atoms with van der Waals surface area (Å²) in [5.41, 5.74) is -1.82. The molecule has 1 aromatic rings. The van der Waals surface area contributed by atoms with Crippen molar-refractivity contribution in [3.8, 4) is 0 Å². The van der Waals surface area contributed by atoms with Gasteiger partial charge in [0.2, 0.25) is 5.91 Å². The Morgan fingerprint density at radius 3 is 2.70 bits per heavy atom. The number of imide groups is 1. The minimum Gasteiger partial charge on any atom is -0.352 e. The summed E-state index contributed by atoms with van der Waals surface area (Å²) in [6.45, 7) is 0.891. The van der Waals surface area contributed by atoms with Gasteiger partial charge in [-0.15, -0.1) is 0 Å². The first-order valence-electron chi connectivity index (χ1n) is 7.20. The molecule has 2 N–H and O–H groups in total. The van der Waals surface area contributed by atoms with Crippen molar-refractivity contribution in [3.05, 3.63) is 35.4 Å². The van der Waals surface area contributed by atoms with Crippen LogP contribution in [-0.4, -0.2) is 35.3 Å². The molecule has 0 unspecified atom stereocenters. The molecule has 1 aliphatic carbocycles. The first kappa shape index (κ1) is 15.4.